The summed E-state index contributed by atoms with van der Waals surface area (Å²) in [6.45, 7) is 5.35. The minimum Gasteiger partial charge on any atom is -0.389 e. The van der Waals surface area contributed by atoms with Crippen LogP contribution in [0.3, 0.4) is 0 Å². The number of nitrogens with zero attached hydrogens (tertiary/aromatic N) is 1. The Hall–Kier alpha value is -0.800. The summed E-state index contributed by atoms with van der Waals surface area (Å²) in [7, 11) is 2.03. The molecule has 0 atom stereocenters. The average Bonchev–Trinajstić information content (AvgIpc) is 2.49. The fraction of sp³-hybridized carbons (Fsp3) is 0.636. The largest absolute Gasteiger partial charge is 0.389 e. The van der Waals surface area contributed by atoms with E-state index in [1.54, 1.807) is 0 Å². The number of hydrogen-bond acceptors (Lipinski definition) is 2. The van der Waals surface area contributed by atoms with Gasteiger partial charge in [0.1, 0.15) is 0 Å². The molecule has 1 aromatic rings. The second-order valence-electron chi connectivity index (χ2n) is 4.52. The lowest BCUT2D eigenvalue weighted by Gasteiger charge is -2.25. The third-order valence-electron chi connectivity index (χ3n) is 2.10. The third-order valence-corrected chi connectivity index (χ3v) is 2.10. The molecule has 14 heavy (non-hydrogen) atoms. The summed E-state index contributed by atoms with van der Waals surface area (Å²) in [4.78, 5) is 5.18. The van der Waals surface area contributed by atoms with Gasteiger partial charge in [-0.15, -0.1) is 0 Å². The van der Waals surface area contributed by atoms with Crippen LogP contribution in [0.25, 0.3) is 0 Å². The highest BCUT2D eigenvalue weighted by atomic mass is 16.3. The lowest BCUT2D eigenvalue weighted by Crippen LogP contribution is -2.37. The maximum absolute atomic E-state index is 9.60. The van der Waals surface area contributed by atoms with E-state index in [9.17, 15) is 5.11 Å². The van der Waals surface area contributed by atoms with Crippen molar-refractivity contribution in [1.82, 2.24) is 9.88 Å². The van der Waals surface area contributed by atoms with Gasteiger partial charge < -0.3 is 15.0 Å². The van der Waals surface area contributed by atoms with E-state index in [0.29, 0.717) is 6.54 Å². The van der Waals surface area contributed by atoms with Gasteiger partial charge in [-0.3, -0.25) is 0 Å². The van der Waals surface area contributed by atoms with Gasteiger partial charge in [0.15, 0.2) is 0 Å². The lowest BCUT2D eigenvalue weighted by molar-refractivity contribution is 0.0450. The van der Waals surface area contributed by atoms with Crippen molar-refractivity contribution in [1.29, 1.82) is 0 Å². The molecule has 0 spiro atoms. The number of nitrogens with one attached hydrogen (secondary N) is 1. The number of aliphatic hydroxyl groups is 1. The number of hydrogen-bond donors (Lipinski definition) is 2. The topological polar surface area (TPSA) is 39.3 Å². The van der Waals surface area contributed by atoms with Gasteiger partial charge in [-0.05, 0) is 38.9 Å². The predicted molar refractivity (Wildman–Crippen MR) is 58.3 cm³/mol. The van der Waals surface area contributed by atoms with Crippen LogP contribution in [0.1, 0.15) is 19.4 Å². The highest BCUT2D eigenvalue weighted by molar-refractivity contribution is 5.08. The van der Waals surface area contributed by atoms with Crippen LogP contribution in [0.4, 0.5) is 0 Å². The zero-order chi connectivity index (χ0) is 10.6. The first-order valence-electron chi connectivity index (χ1n) is 5.00. The fourth-order valence-electron chi connectivity index (χ4n) is 1.57. The van der Waals surface area contributed by atoms with Gasteiger partial charge in [-0.2, -0.15) is 0 Å². The van der Waals surface area contributed by atoms with Crippen LogP contribution in [-0.2, 0) is 6.42 Å². The van der Waals surface area contributed by atoms with Crippen molar-refractivity contribution in [3.63, 3.8) is 0 Å². The molecule has 1 heterocycles. The second-order valence-corrected chi connectivity index (χ2v) is 4.52. The zero-order valence-corrected chi connectivity index (χ0v) is 9.25. The Bertz CT molecular complexity index is 249. The van der Waals surface area contributed by atoms with Crippen molar-refractivity contribution in [3.05, 3.63) is 24.0 Å². The summed E-state index contributed by atoms with van der Waals surface area (Å²) < 4.78 is 0. The average molecular weight is 196 g/mol. The molecular weight excluding hydrogens is 176 g/mol. The molecule has 0 aliphatic heterocycles. The molecule has 2 N–H and O–H groups in total. The standard InChI is InChI=1S/C11H20N2O/c1-11(2,14)9-13(3)7-5-10-4-6-12-8-10/h4,6,8,12,14H,5,7,9H2,1-3H3. The van der Waals surface area contributed by atoms with Crippen LogP contribution in [-0.4, -0.2) is 40.7 Å². The number of H-pyrrole nitrogens is 1. The minimum atomic E-state index is -0.604. The number of likely N-dealkylation sites (N-methyl/N-ethyl adjacent to an activating group) is 1. The summed E-state index contributed by atoms with van der Waals surface area (Å²) in [5.41, 5.74) is 0.708. The highest BCUT2D eigenvalue weighted by Gasteiger charge is 2.14. The van der Waals surface area contributed by atoms with Crippen molar-refractivity contribution in [2.75, 3.05) is 20.1 Å². The van der Waals surface area contributed by atoms with E-state index >= 15 is 0 Å². The molecule has 0 saturated heterocycles. The van der Waals surface area contributed by atoms with Crippen LogP contribution in [0.5, 0.6) is 0 Å². The first kappa shape index (κ1) is 11.3. The van der Waals surface area contributed by atoms with E-state index in [1.165, 1.54) is 5.56 Å². The third kappa shape index (κ3) is 4.44. The van der Waals surface area contributed by atoms with Gasteiger partial charge in [0.05, 0.1) is 5.60 Å². The molecular formula is C11H20N2O. The molecule has 0 aliphatic carbocycles. The lowest BCUT2D eigenvalue weighted by atomic mass is 10.1. The summed E-state index contributed by atoms with van der Waals surface area (Å²) in [5.74, 6) is 0. The van der Waals surface area contributed by atoms with E-state index in [1.807, 2.05) is 33.3 Å². The van der Waals surface area contributed by atoms with Crippen LogP contribution in [0.15, 0.2) is 18.5 Å². The fourth-order valence-corrected chi connectivity index (χ4v) is 1.57. The summed E-state index contributed by atoms with van der Waals surface area (Å²) in [6.07, 6.45) is 4.97. The number of rotatable bonds is 5. The Labute approximate surface area is 85.7 Å². The van der Waals surface area contributed by atoms with E-state index in [4.69, 9.17) is 0 Å². The molecule has 3 nitrogen and oxygen atoms in total. The van der Waals surface area contributed by atoms with Crippen LogP contribution in [0, 0.1) is 0 Å². The van der Waals surface area contributed by atoms with Crippen molar-refractivity contribution in [3.8, 4) is 0 Å². The van der Waals surface area contributed by atoms with Gasteiger partial charge in [-0.25, -0.2) is 0 Å². The maximum atomic E-state index is 9.60. The molecule has 0 radical (unpaired) electrons. The Kier molecular flexibility index (Phi) is 3.72. The molecule has 0 bridgehead atoms. The monoisotopic (exact) mass is 196 g/mol. The predicted octanol–water partition coefficient (Wildman–Crippen LogP) is 1.26. The van der Waals surface area contributed by atoms with Crippen molar-refractivity contribution in [2.45, 2.75) is 25.9 Å². The molecule has 0 amide bonds. The Morgan fingerprint density at radius 3 is 2.71 bits per heavy atom. The quantitative estimate of drug-likeness (QED) is 0.744. The van der Waals surface area contributed by atoms with Gasteiger partial charge in [0.2, 0.25) is 0 Å². The molecule has 80 valence electrons. The number of aromatic amines is 1. The highest BCUT2D eigenvalue weighted by Crippen LogP contribution is 2.04. The van der Waals surface area contributed by atoms with Gasteiger partial charge in [0.25, 0.3) is 0 Å². The second kappa shape index (κ2) is 4.62. The van der Waals surface area contributed by atoms with Crippen molar-refractivity contribution in [2.24, 2.45) is 0 Å². The van der Waals surface area contributed by atoms with Crippen LogP contribution < -0.4 is 0 Å². The van der Waals surface area contributed by atoms with Crippen LogP contribution >= 0.6 is 0 Å². The van der Waals surface area contributed by atoms with Gasteiger partial charge in [-0.1, -0.05) is 0 Å². The Balaban J connectivity index is 2.25. The summed E-state index contributed by atoms with van der Waals surface area (Å²) in [5, 5.41) is 9.60. The smallest absolute Gasteiger partial charge is 0.0718 e. The van der Waals surface area contributed by atoms with Crippen molar-refractivity contribution >= 4 is 0 Å². The van der Waals surface area contributed by atoms with E-state index in [2.05, 4.69) is 16.0 Å². The van der Waals surface area contributed by atoms with Gasteiger partial charge >= 0.3 is 0 Å². The van der Waals surface area contributed by atoms with E-state index in [0.717, 1.165) is 13.0 Å². The molecule has 0 aliphatic rings. The maximum Gasteiger partial charge on any atom is 0.0718 e. The minimum absolute atomic E-state index is 0.604. The molecule has 0 saturated carbocycles. The summed E-state index contributed by atoms with van der Waals surface area (Å²) in [6, 6.07) is 2.08. The van der Waals surface area contributed by atoms with Gasteiger partial charge in [0, 0.05) is 25.5 Å². The van der Waals surface area contributed by atoms with Crippen molar-refractivity contribution < 1.29 is 5.11 Å². The number of aromatic nitrogens is 1. The first-order valence-corrected chi connectivity index (χ1v) is 5.00. The SMILES string of the molecule is CN(CCc1cc[nH]c1)CC(C)(C)O. The van der Waals surface area contributed by atoms with Crippen LogP contribution in [0.2, 0.25) is 0 Å². The molecule has 0 unspecified atom stereocenters. The molecule has 0 aromatic carbocycles. The molecule has 0 fully saturated rings. The molecule has 1 aromatic heterocycles. The normalized spacial score (nSPS) is 12.4. The van der Waals surface area contributed by atoms with E-state index in [-0.39, 0.29) is 0 Å². The summed E-state index contributed by atoms with van der Waals surface area (Å²) >= 11 is 0. The molecule has 3 heteroatoms. The Morgan fingerprint density at radius 2 is 2.21 bits per heavy atom. The Morgan fingerprint density at radius 1 is 1.50 bits per heavy atom. The van der Waals surface area contributed by atoms with E-state index < -0.39 is 5.60 Å². The first-order chi connectivity index (χ1) is 6.47. The molecule has 1 rings (SSSR count). The zero-order valence-electron chi connectivity index (χ0n) is 9.25.